The van der Waals surface area contributed by atoms with Crippen LogP contribution < -0.4 is 4.72 Å². The zero-order chi connectivity index (χ0) is 24.2. The maximum atomic E-state index is 13.0. The van der Waals surface area contributed by atoms with E-state index in [1.807, 2.05) is 33.8 Å². The van der Waals surface area contributed by atoms with E-state index < -0.39 is 22.0 Å². The largest absolute Gasteiger partial charge is 0.461 e. The van der Waals surface area contributed by atoms with Gasteiger partial charge in [0.15, 0.2) is 0 Å². The van der Waals surface area contributed by atoms with Gasteiger partial charge in [-0.3, -0.25) is 9.78 Å². The molecule has 0 aliphatic heterocycles. The van der Waals surface area contributed by atoms with Gasteiger partial charge in [0.2, 0.25) is 10.0 Å². The Bertz CT molecular complexity index is 1200. The number of esters is 1. The van der Waals surface area contributed by atoms with E-state index in [1.54, 1.807) is 43.6 Å². The van der Waals surface area contributed by atoms with E-state index in [0.717, 1.165) is 22.4 Å². The van der Waals surface area contributed by atoms with Gasteiger partial charge in [0.05, 0.1) is 22.7 Å². The van der Waals surface area contributed by atoms with Crippen LogP contribution in [0.3, 0.4) is 0 Å². The molecule has 0 saturated heterocycles. The van der Waals surface area contributed by atoms with Crippen LogP contribution in [-0.4, -0.2) is 41.1 Å². The van der Waals surface area contributed by atoms with Crippen LogP contribution in [0.2, 0.25) is 0 Å². The van der Waals surface area contributed by atoms with Gasteiger partial charge in [-0.15, -0.1) is 0 Å². The molecule has 3 aromatic rings. The third-order valence-electron chi connectivity index (χ3n) is 5.50. The standard InChI is InChI=1S/C24H32N4O4S/c1-6-17(4)32-24(29)21(13-16(2)3)27-33(30,31)20-9-7-19(8-10-20)15-28-18(5)26-22-14-25-12-11-23(22)28/h7-12,14,16-17,21,27H,6,13,15H2,1-5H3/t17?,21-/m0/s1. The van der Waals surface area contributed by atoms with Crippen molar-refractivity contribution in [3.63, 3.8) is 0 Å². The second-order valence-corrected chi connectivity index (χ2v) is 10.4. The average molecular weight is 473 g/mol. The Labute approximate surface area is 195 Å². The predicted octanol–water partition coefficient (Wildman–Crippen LogP) is 3.82. The van der Waals surface area contributed by atoms with Gasteiger partial charge in [0.1, 0.15) is 17.4 Å². The fourth-order valence-electron chi connectivity index (χ4n) is 3.54. The molecule has 1 N–H and O–H groups in total. The molecule has 2 heterocycles. The molecule has 9 heteroatoms. The third kappa shape index (κ3) is 6.17. The van der Waals surface area contributed by atoms with Gasteiger partial charge in [-0.25, -0.2) is 13.4 Å². The molecule has 0 aliphatic carbocycles. The smallest absolute Gasteiger partial charge is 0.324 e. The number of fused-ring (bicyclic) bond motifs is 1. The molecule has 0 fully saturated rings. The van der Waals surface area contributed by atoms with Gasteiger partial charge in [-0.05, 0) is 56.4 Å². The summed E-state index contributed by atoms with van der Waals surface area (Å²) in [4.78, 5) is 21.3. The topological polar surface area (TPSA) is 103 Å². The van der Waals surface area contributed by atoms with Gasteiger partial charge < -0.3 is 9.30 Å². The normalized spacial score (nSPS) is 13.9. The number of sulfonamides is 1. The molecule has 2 aromatic heterocycles. The highest BCUT2D eigenvalue weighted by molar-refractivity contribution is 7.89. The van der Waals surface area contributed by atoms with Crippen LogP contribution in [0.15, 0.2) is 47.6 Å². The molecule has 0 spiro atoms. The number of carbonyl (C=O) groups is 1. The van der Waals surface area contributed by atoms with Crippen molar-refractivity contribution in [2.45, 2.75) is 71.0 Å². The lowest BCUT2D eigenvalue weighted by Crippen LogP contribution is -2.43. The van der Waals surface area contributed by atoms with Gasteiger partial charge in [-0.1, -0.05) is 32.9 Å². The zero-order valence-corrected chi connectivity index (χ0v) is 20.6. The first-order valence-electron chi connectivity index (χ1n) is 11.2. The number of aromatic nitrogens is 3. The molecule has 0 amide bonds. The van der Waals surface area contributed by atoms with E-state index in [4.69, 9.17) is 4.74 Å². The molecule has 178 valence electrons. The summed E-state index contributed by atoms with van der Waals surface area (Å²) in [6, 6.07) is 7.63. The van der Waals surface area contributed by atoms with Crippen molar-refractivity contribution in [3.8, 4) is 0 Å². The number of hydrogen-bond acceptors (Lipinski definition) is 6. The highest BCUT2D eigenvalue weighted by Gasteiger charge is 2.28. The molecule has 0 saturated carbocycles. The van der Waals surface area contributed by atoms with E-state index in [-0.39, 0.29) is 16.9 Å². The molecule has 1 unspecified atom stereocenters. The van der Waals surface area contributed by atoms with Gasteiger partial charge in [0.25, 0.3) is 0 Å². The first-order chi connectivity index (χ1) is 15.6. The van der Waals surface area contributed by atoms with E-state index in [9.17, 15) is 13.2 Å². The Balaban J connectivity index is 1.77. The SMILES string of the molecule is CCC(C)OC(=O)[C@H](CC(C)C)NS(=O)(=O)c1ccc(Cn2c(C)nc3cnccc32)cc1. The zero-order valence-electron chi connectivity index (χ0n) is 19.8. The minimum absolute atomic E-state index is 0.104. The molecule has 0 bridgehead atoms. The lowest BCUT2D eigenvalue weighted by Gasteiger charge is -2.21. The van der Waals surface area contributed by atoms with Crippen molar-refractivity contribution in [1.82, 2.24) is 19.3 Å². The minimum Gasteiger partial charge on any atom is -0.461 e. The number of rotatable bonds is 10. The summed E-state index contributed by atoms with van der Waals surface area (Å²) in [5.74, 6) is 0.427. The van der Waals surface area contributed by atoms with Crippen molar-refractivity contribution in [1.29, 1.82) is 0 Å². The monoisotopic (exact) mass is 472 g/mol. The quantitative estimate of drug-likeness (QED) is 0.450. The minimum atomic E-state index is -3.89. The Hall–Kier alpha value is -2.78. The average Bonchev–Trinajstić information content (AvgIpc) is 3.08. The number of aryl methyl sites for hydroxylation is 1. The van der Waals surface area contributed by atoms with Crippen LogP contribution >= 0.6 is 0 Å². The van der Waals surface area contributed by atoms with E-state index in [2.05, 4.69) is 19.3 Å². The summed E-state index contributed by atoms with van der Waals surface area (Å²) in [5, 5.41) is 0. The molecule has 0 radical (unpaired) electrons. The van der Waals surface area contributed by atoms with E-state index in [1.165, 1.54) is 0 Å². The number of nitrogens with zero attached hydrogens (tertiary/aromatic N) is 3. The summed E-state index contributed by atoms with van der Waals surface area (Å²) >= 11 is 0. The maximum Gasteiger partial charge on any atom is 0.324 e. The predicted molar refractivity (Wildman–Crippen MR) is 127 cm³/mol. The molecule has 3 rings (SSSR count). The molecule has 1 aromatic carbocycles. The lowest BCUT2D eigenvalue weighted by molar-refractivity contribution is -0.150. The van der Waals surface area contributed by atoms with Crippen molar-refractivity contribution in [3.05, 3.63) is 54.1 Å². The lowest BCUT2D eigenvalue weighted by atomic mass is 10.0. The fraction of sp³-hybridized carbons (Fsp3) is 0.458. The number of imidazole rings is 1. The van der Waals surface area contributed by atoms with Crippen LogP contribution in [0.4, 0.5) is 0 Å². The molecular formula is C24H32N4O4S. The van der Waals surface area contributed by atoms with Gasteiger partial charge >= 0.3 is 5.97 Å². The number of nitrogens with one attached hydrogen (secondary N) is 1. The highest BCUT2D eigenvalue weighted by Crippen LogP contribution is 2.19. The van der Waals surface area contributed by atoms with Crippen LogP contribution in [0.1, 0.15) is 51.9 Å². The third-order valence-corrected chi connectivity index (χ3v) is 6.98. The summed E-state index contributed by atoms with van der Waals surface area (Å²) in [6.45, 7) is 10.0. The highest BCUT2D eigenvalue weighted by atomic mass is 32.2. The molecule has 8 nitrogen and oxygen atoms in total. The van der Waals surface area contributed by atoms with Crippen LogP contribution in [0, 0.1) is 12.8 Å². The number of ether oxygens (including phenoxy) is 1. The Morgan fingerprint density at radius 3 is 2.48 bits per heavy atom. The van der Waals surface area contributed by atoms with E-state index >= 15 is 0 Å². The van der Waals surface area contributed by atoms with Crippen LogP contribution in [0.5, 0.6) is 0 Å². The van der Waals surface area contributed by atoms with Gasteiger partial charge in [-0.2, -0.15) is 4.72 Å². The number of hydrogen-bond donors (Lipinski definition) is 1. The van der Waals surface area contributed by atoms with Crippen LogP contribution in [0.25, 0.3) is 11.0 Å². The van der Waals surface area contributed by atoms with Crippen molar-refractivity contribution in [2.24, 2.45) is 5.92 Å². The number of benzene rings is 1. The first kappa shape index (κ1) is 24.9. The van der Waals surface area contributed by atoms with Gasteiger partial charge in [0, 0.05) is 12.7 Å². The summed E-state index contributed by atoms with van der Waals surface area (Å²) in [6.07, 6.45) is 4.20. The maximum absolute atomic E-state index is 13.0. The van der Waals surface area contributed by atoms with Crippen molar-refractivity contribution in [2.75, 3.05) is 0 Å². The Morgan fingerprint density at radius 1 is 1.15 bits per heavy atom. The summed E-state index contributed by atoms with van der Waals surface area (Å²) in [5.41, 5.74) is 2.72. The number of pyridine rings is 1. The van der Waals surface area contributed by atoms with Crippen molar-refractivity contribution >= 4 is 27.0 Å². The van der Waals surface area contributed by atoms with Crippen molar-refractivity contribution < 1.29 is 17.9 Å². The second-order valence-electron chi connectivity index (χ2n) is 8.71. The van der Waals surface area contributed by atoms with Crippen LogP contribution in [-0.2, 0) is 26.1 Å². The van der Waals surface area contributed by atoms with E-state index in [0.29, 0.717) is 19.4 Å². The Kier molecular flexibility index (Phi) is 7.86. The first-order valence-corrected chi connectivity index (χ1v) is 12.7. The Morgan fingerprint density at radius 2 is 1.85 bits per heavy atom. The molecule has 2 atom stereocenters. The molecular weight excluding hydrogens is 440 g/mol. The summed E-state index contributed by atoms with van der Waals surface area (Å²) in [7, 11) is -3.89. The second kappa shape index (κ2) is 10.4. The summed E-state index contributed by atoms with van der Waals surface area (Å²) < 4.78 is 36.0. The number of carbonyl (C=O) groups excluding carboxylic acids is 1. The molecule has 33 heavy (non-hydrogen) atoms. The fourth-order valence-corrected chi connectivity index (χ4v) is 4.74. The molecule has 0 aliphatic rings.